The number of hydrogen-bond acceptors (Lipinski definition) is 3. The van der Waals surface area contributed by atoms with Crippen LogP contribution in [0.25, 0.3) is 10.4 Å². The fraction of sp³-hybridized carbons (Fsp3) is 0.182. The van der Waals surface area contributed by atoms with Crippen LogP contribution in [0.3, 0.4) is 0 Å². The van der Waals surface area contributed by atoms with Crippen LogP contribution in [0.15, 0.2) is 30.5 Å². The molecule has 0 aliphatic rings. The van der Waals surface area contributed by atoms with Gasteiger partial charge in [-0.05, 0) is 12.5 Å². The Morgan fingerprint density at radius 1 is 1.43 bits per heavy atom. The molecule has 0 aliphatic carbocycles. The molecular weight excluding hydrogens is 192 g/mol. The fourth-order valence-electron chi connectivity index (χ4n) is 1.34. The van der Waals surface area contributed by atoms with E-state index >= 15 is 0 Å². The van der Waals surface area contributed by atoms with Crippen molar-refractivity contribution < 1.29 is 0 Å². The third-order valence-corrected chi connectivity index (χ3v) is 3.10. The minimum Gasteiger partial charge on any atom is -0.325 e. The highest BCUT2D eigenvalue weighted by Crippen LogP contribution is 2.26. The summed E-state index contributed by atoms with van der Waals surface area (Å²) in [6.45, 7) is 2.62. The molecule has 0 unspecified atom stereocenters. The SMILES string of the molecule is Cc1cccc(-c2cnc(CN)s2)c1. The molecule has 2 nitrogen and oxygen atoms in total. The molecule has 0 spiro atoms. The van der Waals surface area contributed by atoms with Crippen LogP contribution in [0, 0.1) is 6.92 Å². The molecule has 0 fully saturated rings. The number of aromatic nitrogens is 1. The molecule has 0 bridgehead atoms. The summed E-state index contributed by atoms with van der Waals surface area (Å²) in [5, 5.41) is 0.988. The van der Waals surface area contributed by atoms with Gasteiger partial charge in [0.05, 0.1) is 4.88 Å². The molecule has 0 saturated heterocycles. The molecular formula is C11H12N2S. The van der Waals surface area contributed by atoms with Gasteiger partial charge < -0.3 is 5.73 Å². The molecule has 0 amide bonds. The van der Waals surface area contributed by atoms with E-state index in [1.54, 1.807) is 11.3 Å². The topological polar surface area (TPSA) is 38.9 Å². The van der Waals surface area contributed by atoms with Crippen LogP contribution in [0.2, 0.25) is 0 Å². The summed E-state index contributed by atoms with van der Waals surface area (Å²) < 4.78 is 0. The predicted octanol–water partition coefficient (Wildman–Crippen LogP) is 2.58. The maximum absolute atomic E-state index is 5.52. The zero-order valence-corrected chi connectivity index (χ0v) is 8.84. The van der Waals surface area contributed by atoms with Gasteiger partial charge in [0.2, 0.25) is 0 Å². The van der Waals surface area contributed by atoms with E-state index in [1.165, 1.54) is 16.0 Å². The maximum atomic E-state index is 5.52. The Balaban J connectivity index is 2.39. The zero-order valence-electron chi connectivity index (χ0n) is 8.03. The molecule has 1 aromatic carbocycles. The summed E-state index contributed by atoms with van der Waals surface area (Å²) in [7, 11) is 0. The smallest absolute Gasteiger partial charge is 0.107 e. The number of benzene rings is 1. The van der Waals surface area contributed by atoms with Gasteiger partial charge in [-0.15, -0.1) is 11.3 Å². The molecule has 1 aromatic heterocycles. The minimum atomic E-state index is 0.524. The quantitative estimate of drug-likeness (QED) is 0.816. The van der Waals surface area contributed by atoms with Crippen molar-refractivity contribution in [3.05, 3.63) is 41.0 Å². The third-order valence-electron chi connectivity index (χ3n) is 2.03. The highest BCUT2D eigenvalue weighted by atomic mass is 32.1. The second kappa shape index (κ2) is 3.90. The van der Waals surface area contributed by atoms with Crippen LogP contribution in [0.1, 0.15) is 10.6 Å². The van der Waals surface area contributed by atoms with E-state index in [2.05, 4.69) is 36.2 Å². The molecule has 0 atom stereocenters. The number of nitrogens with two attached hydrogens (primary N) is 1. The number of aryl methyl sites for hydroxylation is 1. The molecule has 2 rings (SSSR count). The van der Waals surface area contributed by atoms with Crippen molar-refractivity contribution >= 4 is 11.3 Å². The van der Waals surface area contributed by atoms with Crippen LogP contribution in [-0.2, 0) is 6.54 Å². The first-order chi connectivity index (χ1) is 6.79. The predicted molar refractivity (Wildman–Crippen MR) is 60.2 cm³/mol. The standard InChI is InChI=1S/C11H12N2S/c1-8-3-2-4-9(5-8)10-7-13-11(6-12)14-10/h2-5,7H,6,12H2,1H3. The van der Waals surface area contributed by atoms with E-state index in [1.807, 2.05) is 6.20 Å². The summed E-state index contributed by atoms with van der Waals surface area (Å²) in [5.74, 6) is 0. The number of hydrogen-bond donors (Lipinski definition) is 1. The first-order valence-corrected chi connectivity index (χ1v) is 5.33. The Kier molecular flexibility index (Phi) is 2.61. The lowest BCUT2D eigenvalue weighted by molar-refractivity contribution is 1.04. The lowest BCUT2D eigenvalue weighted by atomic mass is 10.1. The second-order valence-corrected chi connectivity index (χ2v) is 4.31. The molecule has 0 saturated carbocycles. The number of nitrogens with zero attached hydrogens (tertiary/aromatic N) is 1. The first-order valence-electron chi connectivity index (χ1n) is 4.51. The van der Waals surface area contributed by atoms with Crippen molar-refractivity contribution in [1.82, 2.24) is 4.98 Å². The molecule has 72 valence electrons. The van der Waals surface area contributed by atoms with Crippen LogP contribution in [-0.4, -0.2) is 4.98 Å². The normalized spacial score (nSPS) is 10.4. The van der Waals surface area contributed by atoms with E-state index < -0.39 is 0 Å². The van der Waals surface area contributed by atoms with Crippen molar-refractivity contribution in [2.75, 3.05) is 0 Å². The molecule has 2 aromatic rings. The van der Waals surface area contributed by atoms with E-state index in [9.17, 15) is 0 Å². The first kappa shape index (κ1) is 9.37. The lowest BCUT2D eigenvalue weighted by Crippen LogP contribution is -1.93. The molecule has 2 N–H and O–H groups in total. The number of thiazole rings is 1. The van der Waals surface area contributed by atoms with Gasteiger partial charge in [0.25, 0.3) is 0 Å². The zero-order chi connectivity index (χ0) is 9.97. The van der Waals surface area contributed by atoms with E-state index in [4.69, 9.17) is 5.73 Å². The van der Waals surface area contributed by atoms with E-state index in [0.717, 1.165) is 5.01 Å². The van der Waals surface area contributed by atoms with Gasteiger partial charge in [0.15, 0.2) is 0 Å². The van der Waals surface area contributed by atoms with Crippen molar-refractivity contribution in [1.29, 1.82) is 0 Å². The highest BCUT2D eigenvalue weighted by Gasteiger charge is 2.02. The molecule has 0 radical (unpaired) electrons. The molecule has 14 heavy (non-hydrogen) atoms. The van der Waals surface area contributed by atoms with Crippen LogP contribution in [0.4, 0.5) is 0 Å². The highest BCUT2D eigenvalue weighted by molar-refractivity contribution is 7.15. The van der Waals surface area contributed by atoms with E-state index in [0.29, 0.717) is 6.54 Å². The summed E-state index contributed by atoms with van der Waals surface area (Å²) in [6.07, 6.45) is 1.89. The van der Waals surface area contributed by atoms with Gasteiger partial charge in [-0.25, -0.2) is 4.98 Å². The summed E-state index contributed by atoms with van der Waals surface area (Å²) >= 11 is 1.66. The molecule has 1 heterocycles. The summed E-state index contributed by atoms with van der Waals surface area (Å²) in [5.41, 5.74) is 8.01. The average Bonchev–Trinajstić information content (AvgIpc) is 2.66. The van der Waals surface area contributed by atoms with Crippen LogP contribution >= 0.6 is 11.3 Å². The maximum Gasteiger partial charge on any atom is 0.107 e. The number of rotatable bonds is 2. The lowest BCUT2D eigenvalue weighted by Gasteiger charge is -1.97. The third kappa shape index (κ3) is 1.84. The fourth-order valence-corrected chi connectivity index (χ4v) is 2.13. The Hall–Kier alpha value is -1.19. The average molecular weight is 204 g/mol. The van der Waals surface area contributed by atoms with Gasteiger partial charge in [-0.3, -0.25) is 0 Å². The van der Waals surface area contributed by atoms with Crippen molar-refractivity contribution in [3.8, 4) is 10.4 Å². The summed E-state index contributed by atoms with van der Waals surface area (Å²) in [6, 6.07) is 8.41. The van der Waals surface area contributed by atoms with Crippen molar-refractivity contribution in [2.45, 2.75) is 13.5 Å². The Labute approximate surface area is 87.4 Å². The van der Waals surface area contributed by atoms with Gasteiger partial charge in [0.1, 0.15) is 5.01 Å². The Morgan fingerprint density at radius 2 is 2.29 bits per heavy atom. The van der Waals surface area contributed by atoms with E-state index in [-0.39, 0.29) is 0 Å². The molecule has 3 heteroatoms. The largest absolute Gasteiger partial charge is 0.325 e. The van der Waals surface area contributed by atoms with Crippen molar-refractivity contribution in [3.63, 3.8) is 0 Å². The summed E-state index contributed by atoms with van der Waals surface area (Å²) in [4.78, 5) is 5.42. The van der Waals surface area contributed by atoms with Crippen LogP contribution < -0.4 is 5.73 Å². The van der Waals surface area contributed by atoms with Gasteiger partial charge >= 0.3 is 0 Å². The van der Waals surface area contributed by atoms with Gasteiger partial charge in [-0.2, -0.15) is 0 Å². The second-order valence-electron chi connectivity index (χ2n) is 3.19. The van der Waals surface area contributed by atoms with Gasteiger partial charge in [0, 0.05) is 12.7 Å². The molecule has 0 aliphatic heterocycles. The Bertz CT molecular complexity index is 434. The minimum absolute atomic E-state index is 0.524. The van der Waals surface area contributed by atoms with Crippen LogP contribution in [0.5, 0.6) is 0 Å². The Morgan fingerprint density at radius 3 is 2.93 bits per heavy atom. The van der Waals surface area contributed by atoms with Crippen molar-refractivity contribution in [2.24, 2.45) is 5.73 Å². The van der Waals surface area contributed by atoms with Gasteiger partial charge in [-0.1, -0.05) is 29.8 Å². The monoisotopic (exact) mass is 204 g/mol.